The molecule has 0 aliphatic rings. The van der Waals surface area contributed by atoms with Gasteiger partial charge in [0.05, 0.1) is 11.1 Å². The van der Waals surface area contributed by atoms with Crippen LogP contribution in [0.3, 0.4) is 0 Å². The Balaban J connectivity index is 2.32. The molecule has 0 spiro atoms. The summed E-state index contributed by atoms with van der Waals surface area (Å²) in [7, 11) is 0. The summed E-state index contributed by atoms with van der Waals surface area (Å²) in [6, 6.07) is 5.77. The van der Waals surface area contributed by atoms with Gasteiger partial charge in [0.25, 0.3) is 11.6 Å². The van der Waals surface area contributed by atoms with Gasteiger partial charge in [-0.15, -0.1) is 0 Å². The summed E-state index contributed by atoms with van der Waals surface area (Å²) in [6.45, 7) is 0. The Morgan fingerprint density at radius 3 is 2.83 bits per heavy atom. The molecule has 7 nitrogen and oxygen atoms in total. The minimum Gasteiger partial charge on any atom is -0.307 e. The number of hydrogen-bond acceptors (Lipinski definition) is 4. The fourth-order valence-electron chi connectivity index (χ4n) is 1.36. The smallest absolute Gasteiger partial charge is 0.283 e. The number of nitrogens with zero attached hydrogens (tertiary/aromatic N) is 2. The van der Waals surface area contributed by atoms with Gasteiger partial charge in [0.1, 0.15) is 11.4 Å². The second-order valence-corrected chi connectivity index (χ2v) is 4.26. The third kappa shape index (κ3) is 2.54. The summed E-state index contributed by atoms with van der Waals surface area (Å²) in [4.78, 5) is 22.1. The number of hydrogen-bond donors (Lipinski definition) is 2. The summed E-state index contributed by atoms with van der Waals surface area (Å²) >= 11 is 3.12. The number of halogens is 1. The molecule has 92 valence electrons. The number of aromatic nitrogens is 2. The molecule has 0 saturated carbocycles. The molecule has 0 radical (unpaired) electrons. The highest BCUT2D eigenvalue weighted by Crippen LogP contribution is 2.24. The topological polar surface area (TPSA) is 101 Å². The van der Waals surface area contributed by atoms with E-state index >= 15 is 0 Å². The third-order valence-electron chi connectivity index (χ3n) is 2.15. The van der Waals surface area contributed by atoms with E-state index < -0.39 is 10.8 Å². The molecule has 2 aromatic rings. The van der Waals surface area contributed by atoms with Crippen LogP contribution < -0.4 is 5.32 Å². The highest BCUT2D eigenvalue weighted by atomic mass is 79.9. The molecule has 8 heteroatoms. The van der Waals surface area contributed by atoms with Gasteiger partial charge in [-0.1, -0.05) is 15.9 Å². The van der Waals surface area contributed by atoms with Crippen LogP contribution in [0.2, 0.25) is 0 Å². The number of carbonyl (C=O) groups excluding carboxylic acids is 1. The second-order valence-electron chi connectivity index (χ2n) is 3.34. The van der Waals surface area contributed by atoms with Gasteiger partial charge in [0, 0.05) is 16.6 Å². The van der Waals surface area contributed by atoms with Crippen LogP contribution >= 0.6 is 15.9 Å². The molecule has 0 atom stereocenters. The van der Waals surface area contributed by atoms with Crippen LogP contribution in [-0.4, -0.2) is 21.0 Å². The Hall–Kier alpha value is -2.22. The number of nitro groups is 1. The molecule has 18 heavy (non-hydrogen) atoms. The van der Waals surface area contributed by atoms with Crippen molar-refractivity contribution in [1.82, 2.24) is 10.2 Å². The summed E-state index contributed by atoms with van der Waals surface area (Å²) in [5.74, 6) is -0.198. The van der Waals surface area contributed by atoms with E-state index in [0.717, 1.165) is 0 Å². The van der Waals surface area contributed by atoms with Crippen LogP contribution in [0, 0.1) is 10.1 Å². The molecule has 1 aromatic heterocycles. The van der Waals surface area contributed by atoms with Crippen LogP contribution in [0.5, 0.6) is 0 Å². The highest BCUT2D eigenvalue weighted by Gasteiger charge is 2.20. The molecule has 1 amide bonds. The summed E-state index contributed by atoms with van der Waals surface area (Å²) < 4.78 is 0.535. The van der Waals surface area contributed by atoms with Crippen molar-refractivity contribution in [1.29, 1.82) is 0 Å². The average Bonchev–Trinajstić information content (AvgIpc) is 2.81. The lowest BCUT2D eigenvalue weighted by molar-refractivity contribution is -0.385. The number of benzene rings is 1. The molecule has 2 rings (SSSR count). The second kappa shape index (κ2) is 4.96. The molecular weight excluding hydrogens is 304 g/mol. The molecule has 0 fully saturated rings. The molecule has 0 aliphatic heterocycles. The Labute approximate surface area is 109 Å². The summed E-state index contributed by atoms with van der Waals surface area (Å²) in [5, 5.41) is 19.5. The molecule has 0 saturated heterocycles. The van der Waals surface area contributed by atoms with Gasteiger partial charge in [0.15, 0.2) is 0 Å². The number of aromatic amines is 1. The van der Waals surface area contributed by atoms with Crippen LogP contribution in [0.4, 0.5) is 11.5 Å². The maximum atomic E-state index is 11.9. The Bertz CT molecular complexity index is 597. The maximum absolute atomic E-state index is 11.9. The predicted molar refractivity (Wildman–Crippen MR) is 67.3 cm³/mol. The van der Waals surface area contributed by atoms with Crippen molar-refractivity contribution in [3.8, 4) is 0 Å². The zero-order chi connectivity index (χ0) is 13.1. The van der Waals surface area contributed by atoms with Crippen molar-refractivity contribution >= 4 is 33.3 Å². The predicted octanol–water partition coefficient (Wildman–Crippen LogP) is 2.33. The summed E-state index contributed by atoms with van der Waals surface area (Å²) in [6.07, 6.45) is 1.46. The zero-order valence-corrected chi connectivity index (χ0v) is 10.5. The van der Waals surface area contributed by atoms with E-state index in [1.54, 1.807) is 12.1 Å². The minimum absolute atomic E-state index is 0.0159. The van der Waals surface area contributed by atoms with Gasteiger partial charge in [-0.3, -0.25) is 20.0 Å². The number of rotatable bonds is 3. The van der Waals surface area contributed by atoms with Gasteiger partial charge in [-0.2, -0.15) is 5.10 Å². The van der Waals surface area contributed by atoms with E-state index in [-0.39, 0.29) is 11.3 Å². The zero-order valence-electron chi connectivity index (χ0n) is 8.88. The van der Waals surface area contributed by atoms with E-state index in [4.69, 9.17) is 0 Å². The fraction of sp³-hybridized carbons (Fsp3) is 0. The van der Waals surface area contributed by atoms with Crippen LogP contribution in [0.1, 0.15) is 10.4 Å². The van der Waals surface area contributed by atoms with Crippen molar-refractivity contribution in [2.45, 2.75) is 0 Å². The van der Waals surface area contributed by atoms with Crippen LogP contribution in [0.25, 0.3) is 0 Å². The van der Waals surface area contributed by atoms with Gasteiger partial charge in [0.2, 0.25) is 0 Å². The quantitative estimate of drug-likeness (QED) is 0.671. The lowest BCUT2D eigenvalue weighted by Gasteiger charge is -2.03. The van der Waals surface area contributed by atoms with Gasteiger partial charge >= 0.3 is 0 Å². The minimum atomic E-state index is -0.605. The number of carbonyl (C=O) groups is 1. The number of anilines is 1. The first-order chi connectivity index (χ1) is 8.58. The Morgan fingerprint density at radius 1 is 1.44 bits per heavy atom. The van der Waals surface area contributed by atoms with Crippen molar-refractivity contribution in [3.63, 3.8) is 0 Å². The van der Waals surface area contributed by atoms with E-state index in [0.29, 0.717) is 10.3 Å². The number of amides is 1. The normalized spacial score (nSPS) is 10.1. The first-order valence-corrected chi connectivity index (χ1v) is 5.62. The van der Waals surface area contributed by atoms with Crippen molar-refractivity contribution in [2.24, 2.45) is 0 Å². The standard InChI is InChI=1S/C10H7BrN4O3/c11-6-1-2-7(8(5-6)15(17)18)10(16)13-9-3-4-12-14-9/h1-5H,(H2,12,13,14,16). The highest BCUT2D eigenvalue weighted by molar-refractivity contribution is 9.10. The number of H-pyrrole nitrogens is 1. The molecular formula is C10H7BrN4O3. The molecule has 0 bridgehead atoms. The summed E-state index contributed by atoms with van der Waals surface area (Å²) in [5.41, 5.74) is -0.279. The van der Waals surface area contributed by atoms with Crippen molar-refractivity contribution in [2.75, 3.05) is 5.32 Å². The van der Waals surface area contributed by atoms with Gasteiger partial charge < -0.3 is 5.32 Å². The third-order valence-corrected chi connectivity index (χ3v) is 2.64. The van der Waals surface area contributed by atoms with E-state index in [1.807, 2.05) is 0 Å². The van der Waals surface area contributed by atoms with Crippen LogP contribution in [0.15, 0.2) is 34.9 Å². The lowest BCUT2D eigenvalue weighted by atomic mass is 10.1. The van der Waals surface area contributed by atoms with E-state index in [9.17, 15) is 14.9 Å². The molecule has 1 heterocycles. The molecule has 2 N–H and O–H groups in total. The fourth-order valence-corrected chi connectivity index (χ4v) is 1.71. The Kier molecular flexibility index (Phi) is 3.38. The van der Waals surface area contributed by atoms with Crippen molar-refractivity contribution in [3.05, 3.63) is 50.6 Å². The first-order valence-electron chi connectivity index (χ1n) is 4.82. The Morgan fingerprint density at radius 2 is 2.22 bits per heavy atom. The van der Waals surface area contributed by atoms with Gasteiger partial charge in [-0.25, -0.2) is 0 Å². The monoisotopic (exact) mass is 310 g/mol. The molecule has 0 aliphatic carbocycles. The molecule has 1 aromatic carbocycles. The number of nitro benzene ring substituents is 1. The van der Waals surface area contributed by atoms with E-state index in [2.05, 4.69) is 31.4 Å². The van der Waals surface area contributed by atoms with E-state index in [1.165, 1.54) is 18.3 Å². The number of nitrogens with one attached hydrogen (secondary N) is 2. The largest absolute Gasteiger partial charge is 0.307 e. The SMILES string of the molecule is O=C(Nc1ccn[nH]1)c1ccc(Br)cc1[N+](=O)[O-]. The molecule has 0 unspecified atom stereocenters. The average molecular weight is 311 g/mol. The van der Waals surface area contributed by atoms with Crippen molar-refractivity contribution < 1.29 is 9.72 Å². The van der Waals surface area contributed by atoms with Crippen LogP contribution in [-0.2, 0) is 0 Å². The van der Waals surface area contributed by atoms with Gasteiger partial charge in [-0.05, 0) is 12.1 Å². The first kappa shape index (κ1) is 12.2. The maximum Gasteiger partial charge on any atom is 0.283 e. The lowest BCUT2D eigenvalue weighted by Crippen LogP contribution is -2.14.